The van der Waals surface area contributed by atoms with E-state index in [-0.39, 0.29) is 148 Å². The first-order valence-corrected chi connectivity index (χ1v) is 57.1. The molecule has 8 aromatic carbocycles. The number of aryl methyl sites for hydroxylation is 3. The summed E-state index contributed by atoms with van der Waals surface area (Å²) >= 11 is 0. The molecule has 42 nitrogen and oxygen atoms in total. The Morgan fingerprint density at radius 3 is 0.925 bits per heavy atom. The van der Waals surface area contributed by atoms with E-state index in [4.69, 9.17) is 9.15 Å². The van der Waals surface area contributed by atoms with Gasteiger partial charge in [0.2, 0.25) is 40.1 Å². The zero-order valence-corrected chi connectivity index (χ0v) is 84.4. The van der Waals surface area contributed by atoms with Gasteiger partial charge in [-0.2, -0.15) is 32.2 Å². The van der Waals surface area contributed by atoms with Crippen molar-refractivity contribution in [2.75, 3.05) is 72.3 Å². The monoisotopic (exact) mass is 2180 g/mol. The quantitative estimate of drug-likeness (QED) is 0.0187. The summed E-state index contributed by atoms with van der Waals surface area (Å²) in [5.74, 6) is -8.52. The standard InChI is InChI=1S/C23H26FN4O6PS.C22H21F4N4O6PS.C22H18FN4O7PS.C22H24FN4O7PS/c1-4-13(2)9-10-28-18-8-5-14(24)11-16(18)21(29)20(23(28)30)22-25-17-7-6-15(27-36(3,33)34)12-19(17)35(31,32)26-22;1-11(22(24,25)26)7-8-30-16-6-3-12(23)9-14(16)19(31)18(21(30)32)20-27-15-5-4-13(29-38(2,35)36)10-17(15)37(33,34)28-20;1-36(32,33)26-14-3-4-16-18(9-14)35(30,31)25-21(24-16)19-20(28)15-8-13(23)2-5-17(15)27(22(19)29)10-12-6-7-34-11-12;1-12(34-2)8-9-27-17-7-4-13(23)10-15(17)20(28)19(22(27)29)21-24-16-6-5-14(26-36(3,32)33)11-18(16)35(30,31)25-21/h5-8,11-13,27,29H,4,9-10H2,1-3H3,(H2,25,26,31,32);3-6,9-11,29,31H,7-8H2,1-2H3,(H2,27,28,33,34);2-9,11,26,28H,10H2,1H3,(H2,24,25,30,31);4-7,10-12,26,28H,8-9H2,1-3H3,(H2,24,25,30,31). The number of halogens is 7. The van der Waals surface area contributed by atoms with Crippen molar-refractivity contribution in [3.05, 3.63) is 257 Å². The van der Waals surface area contributed by atoms with Crippen LogP contribution in [0.5, 0.6) is 23.0 Å². The fourth-order valence-electron chi connectivity index (χ4n) is 15.8. The molecule has 4 aliphatic heterocycles. The normalized spacial score (nSPS) is 18.1. The molecule has 146 heavy (non-hydrogen) atoms. The summed E-state index contributed by atoms with van der Waals surface area (Å²) in [7, 11) is -31.3. The number of ether oxygens (including phenoxy) is 1. The van der Waals surface area contributed by atoms with Gasteiger partial charge in [0.05, 0.1) is 122 Å². The van der Waals surface area contributed by atoms with Crippen LogP contribution in [0.3, 0.4) is 0 Å². The molecule has 4 aliphatic rings. The number of aromatic nitrogens is 4. The Bertz CT molecular complexity index is 8480. The van der Waals surface area contributed by atoms with E-state index in [0.717, 1.165) is 110 Å². The van der Waals surface area contributed by atoms with Crippen LogP contribution in [-0.2, 0) is 89.3 Å². The zero-order chi connectivity index (χ0) is 107. The van der Waals surface area contributed by atoms with E-state index < -0.39 is 192 Å². The summed E-state index contributed by atoms with van der Waals surface area (Å²) in [6.07, 6.45) is 3.23. The van der Waals surface area contributed by atoms with Gasteiger partial charge in [0.25, 0.3) is 22.2 Å². The van der Waals surface area contributed by atoms with Crippen molar-refractivity contribution in [1.29, 1.82) is 0 Å². The number of aromatic hydroxyl groups is 4. The maximum Gasteiger partial charge on any atom is 0.391 e. The molecule has 0 aliphatic carbocycles. The summed E-state index contributed by atoms with van der Waals surface area (Å²) < 4.78 is 279. The number of hydrogen-bond acceptors (Lipinski definition) is 26. The molecule has 0 bridgehead atoms. The number of anilines is 8. The minimum Gasteiger partial charge on any atom is -0.506 e. The van der Waals surface area contributed by atoms with Crippen molar-refractivity contribution >= 4 is 204 Å². The Labute approximate surface area is 823 Å². The van der Waals surface area contributed by atoms with Crippen molar-refractivity contribution in [3.63, 3.8) is 0 Å². The molecular formula is C89H89F7N16O26P4S4. The number of hydrogen-bond donors (Lipinski definition) is 16. The smallest absolute Gasteiger partial charge is 0.391 e. The van der Waals surface area contributed by atoms with Crippen LogP contribution in [0.1, 0.15) is 81.2 Å². The predicted molar refractivity (Wildman–Crippen MR) is 540 cm³/mol. The fraction of sp³-hybridized carbons (Fsp3) is 0.236. The minimum atomic E-state index is -4.66. The molecule has 16 N–H and O–H groups in total. The van der Waals surface area contributed by atoms with Gasteiger partial charge in [0, 0.05) is 76.6 Å². The number of pyridine rings is 4. The summed E-state index contributed by atoms with van der Waals surface area (Å²) in [5.41, 5.74) is -3.29. The number of rotatable bonds is 25. The highest BCUT2D eigenvalue weighted by molar-refractivity contribution is 7.92. The van der Waals surface area contributed by atoms with Crippen LogP contribution in [0.4, 0.5) is 76.2 Å². The SMILES string of the molecule is CC(CCn1c(=O)c(C2=NP(=O)(O)c3cc(NS(C)(=O)=O)ccc3N2)c(O)c2cc(F)ccc21)C(F)(F)F.CCC(C)CCn1c(=O)c(C2=NP(=O)(O)c3cc(NS(C)(=O)=O)ccc3N2)c(O)c2cc(F)ccc21.COC(C)CCn1c(=O)c(C2=NP(=O)(O)c3cc(NS(C)(=O)=O)ccc3N2)c(O)c2cc(F)ccc21.CS(=O)(=O)Nc1ccc2c(c1)P(=O)(O)N=C(c1c(O)c3cc(F)ccc3n(Cc3ccoc3)c1=O)N2. The van der Waals surface area contributed by atoms with Gasteiger partial charge in [-0.05, 0) is 184 Å². The van der Waals surface area contributed by atoms with Crippen LogP contribution in [-0.4, -0.2) is 160 Å². The van der Waals surface area contributed by atoms with E-state index >= 15 is 0 Å². The summed E-state index contributed by atoms with van der Waals surface area (Å²) in [4.78, 5) is 96.8. The maximum absolute atomic E-state index is 14.1. The third-order valence-corrected chi connectivity index (χ3v) is 31.4. The average Bonchev–Trinajstić information content (AvgIpc) is 1.02. The summed E-state index contributed by atoms with van der Waals surface area (Å²) in [6.45, 7) is 6.79. The zero-order valence-electron chi connectivity index (χ0n) is 77.5. The molecule has 0 fully saturated rings. The van der Waals surface area contributed by atoms with Gasteiger partial charge in [0.1, 0.15) is 68.5 Å². The first-order chi connectivity index (χ1) is 68.0. The highest BCUT2D eigenvalue weighted by Crippen LogP contribution is 2.53. The van der Waals surface area contributed by atoms with Crippen molar-refractivity contribution < 1.29 is 132 Å². The number of furan rings is 1. The van der Waals surface area contributed by atoms with Gasteiger partial charge >= 0.3 is 36.3 Å². The molecule has 0 saturated carbocycles. The Morgan fingerprint density at radius 2 is 0.671 bits per heavy atom. The van der Waals surface area contributed by atoms with E-state index in [1.165, 1.54) is 112 Å². The first kappa shape index (κ1) is 108. The molecule has 0 spiro atoms. The van der Waals surface area contributed by atoms with Gasteiger partial charge in [-0.3, -0.25) is 56.3 Å². The van der Waals surface area contributed by atoms with Gasteiger partial charge in [-0.15, -0.1) is 0 Å². The first-order valence-electron chi connectivity index (χ1n) is 43.1. The van der Waals surface area contributed by atoms with Gasteiger partial charge in [-0.25, -0.2) is 51.2 Å². The van der Waals surface area contributed by atoms with Crippen molar-refractivity contribution in [2.24, 2.45) is 30.9 Å². The van der Waals surface area contributed by atoms with Gasteiger partial charge in [0.15, 0.2) is 23.3 Å². The molecule has 57 heteroatoms. The molecule has 9 heterocycles. The summed E-state index contributed by atoms with van der Waals surface area (Å²) in [6, 6.07) is 30.6. The van der Waals surface area contributed by atoms with Crippen LogP contribution < -0.4 is 83.6 Å². The molecule has 774 valence electrons. The molecule has 7 atom stereocenters. The molecule has 7 unspecified atom stereocenters. The van der Waals surface area contributed by atoms with Crippen molar-refractivity contribution in [1.82, 2.24) is 18.3 Å². The van der Waals surface area contributed by atoms with Crippen molar-refractivity contribution in [3.8, 4) is 23.0 Å². The molecule has 0 saturated heterocycles. The Hall–Kier alpha value is -13.8. The topological polar surface area (TPSA) is 623 Å². The van der Waals surface area contributed by atoms with Crippen LogP contribution in [0, 0.1) is 35.1 Å². The van der Waals surface area contributed by atoms with Crippen molar-refractivity contribution in [2.45, 2.75) is 91.8 Å². The molecular weight excluding hydrogens is 2090 g/mol. The van der Waals surface area contributed by atoms with Crippen LogP contribution in [0.2, 0.25) is 0 Å². The molecule has 0 amide bonds. The second-order valence-corrected chi connectivity index (χ2v) is 48.3. The highest BCUT2D eigenvalue weighted by Gasteiger charge is 2.42. The number of sulfonamides is 4. The number of alkyl halides is 3. The molecule has 5 aromatic heterocycles. The number of amidine groups is 4. The second-order valence-electron chi connectivity index (χ2n) is 34.2. The van der Waals surface area contributed by atoms with E-state index in [1.54, 1.807) is 6.07 Å². The van der Waals surface area contributed by atoms with E-state index in [0.29, 0.717) is 29.8 Å². The molecule has 17 rings (SSSR count). The number of nitrogens with one attached hydrogen (secondary N) is 8. The lowest BCUT2D eigenvalue weighted by molar-refractivity contribution is -0.171. The Morgan fingerprint density at radius 1 is 0.404 bits per heavy atom. The average molecular weight is 2180 g/mol. The van der Waals surface area contributed by atoms with E-state index in [2.05, 4.69) is 59.2 Å². The number of benzene rings is 8. The maximum atomic E-state index is 14.1. The predicted octanol–water partition coefficient (Wildman–Crippen LogP) is 11.7. The third-order valence-electron chi connectivity index (χ3n) is 23.1. The number of nitrogens with zero attached hydrogens (tertiary/aromatic N) is 8. The number of fused-ring (bicyclic) bond motifs is 8. The third kappa shape index (κ3) is 23.8. The van der Waals surface area contributed by atoms with Crippen LogP contribution >= 0.6 is 30.1 Å². The van der Waals surface area contributed by atoms with Gasteiger partial charge in [-0.1, -0.05) is 27.2 Å². The highest BCUT2D eigenvalue weighted by atomic mass is 32.2. The van der Waals surface area contributed by atoms with Gasteiger partial charge < -0.3 is 88.7 Å². The summed E-state index contributed by atoms with van der Waals surface area (Å²) in [5, 5.41) is 53.8. The lowest BCUT2D eigenvalue weighted by atomic mass is 10.0. The van der Waals surface area contributed by atoms with Crippen LogP contribution in [0.25, 0.3) is 43.6 Å². The van der Waals surface area contributed by atoms with E-state index in [9.17, 15) is 142 Å². The molecule has 0 radical (unpaired) electrons. The minimum absolute atomic E-state index is 0.00587. The Kier molecular flexibility index (Phi) is 30.2. The lowest BCUT2D eigenvalue weighted by Crippen LogP contribution is -2.34. The molecule has 13 aromatic rings. The van der Waals surface area contributed by atoms with E-state index in [1.807, 2.05) is 20.8 Å². The second kappa shape index (κ2) is 40.9. The fourth-order valence-corrected chi connectivity index (χ4v) is 23.1. The van der Waals surface area contributed by atoms with Crippen LogP contribution in [0.15, 0.2) is 207 Å². The lowest BCUT2D eigenvalue weighted by Gasteiger charge is -2.24. The Balaban J connectivity index is 0.000000154. The largest absolute Gasteiger partial charge is 0.506 e. The number of methoxy groups -OCH3 is 1.